The van der Waals surface area contributed by atoms with E-state index < -0.39 is 0 Å². The van der Waals surface area contributed by atoms with Crippen LogP contribution in [0.25, 0.3) is 0 Å². The van der Waals surface area contributed by atoms with Crippen molar-refractivity contribution in [2.24, 2.45) is 0 Å². The van der Waals surface area contributed by atoms with Crippen LogP contribution in [0.5, 0.6) is 0 Å². The molecule has 0 fully saturated rings. The van der Waals surface area contributed by atoms with Gasteiger partial charge in [-0.3, -0.25) is 0 Å². The summed E-state index contributed by atoms with van der Waals surface area (Å²) in [5.74, 6) is 0.620. The van der Waals surface area contributed by atoms with Gasteiger partial charge in [0, 0.05) is 16.8 Å². The van der Waals surface area contributed by atoms with Crippen molar-refractivity contribution in [2.45, 2.75) is 39.2 Å². The number of anilines is 1. The minimum Gasteiger partial charge on any atom is -0.407 e. The topological polar surface area (TPSA) is 63.0 Å². The van der Waals surface area contributed by atoms with Gasteiger partial charge in [-0.05, 0) is 24.4 Å². The zero-order valence-electron chi connectivity index (χ0n) is 12.3. The highest BCUT2D eigenvalue weighted by atomic mass is 32.1. The van der Waals surface area contributed by atoms with E-state index in [4.69, 9.17) is 4.42 Å². The Hall–Kier alpha value is -1.40. The number of rotatable bonds is 8. The van der Waals surface area contributed by atoms with Gasteiger partial charge in [-0.2, -0.15) is 0 Å². The second-order valence-electron chi connectivity index (χ2n) is 5.39. The first-order valence-electron chi connectivity index (χ1n) is 6.93. The van der Waals surface area contributed by atoms with Crippen molar-refractivity contribution in [1.29, 1.82) is 0 Å². The van der Waals surface area contributed by atoms with Gasteiger partial charge in [0.2, 0.25) is 5.89 Å². The quantitative estimate of drug-likeness (QED) is 0.733. The lowest BCUT2D eigenvalue weighted by Crippen LogP contribution is -2.26. The van der Waals surface area contributed by atoms with Crippen LogP contribution in [0.15, 0.2) is 21.9 Å². The maximum atomic E-state index is 5.55. The first-order chi connectivity index (χ1) is 9.62. The Bertz CT molecular complexity index is 507. The smallest absolute Gasteiger partial charge is 0.315 e. The normalized spacial score (nSPS) is 11.8. The van der Waals surface area contributed by atoms with Gasteiger partial charge in [0.05, 0.1) is 6.54 Å². The van der Waals surface area contributed by atoms with Gasteiger partial charge in [0.25, 0.3) is 0 Å². The average molecular weight is 294 g/mol. The van der Waals surface area contributed by atoms with E-state index in [2.05, 4.69) is 59.1 Å². The zero-order valence-corrected chi connectivity index (χ0v) is 13.1. The van der Waals surface area contributed by atoms with Crippen LogP contribution in [0.1, 0.15) is 38.0 Å². The highest BCUT2D eigenvalue weighted by Crippen LogP contribution is 2.27. The number of hydrogen-bond acceptors (Lipinski definition) is 6. The number of aromatic nitrogens is 2. The Morgan fingerprint density at radius 1 is 1.35 bits per heavy atom. The summed E-state index contributed by atoms with van der Waals surface area (Å²) in [5, 5.41) is 16.6. The molecule has 2 heterocycles. The summed E-state index contributed by atoms with van der Waals surface area (Å²) in [6.07, 6.45) is 1.09. The average Bonchev–Trinajstić information content (AvgIpc) is 3.09. The standard InChI is InChI=1S/C14H22N4OS/c1-4-7-15-9-12-17-18-13(19-12)16-10-14(2,3)11-6-5-8-20-11/h5-6,8,15H,4,7,9-10H2,1-3H3,(H,16,18). The predicted molar refractivity (Wildman–Crippen MR) is 82.1 cm³/mol. The molecule has 20 heavy (non-hydrogen) atoms. The monoisotopic (exact) mass is 294 g/mol. The van der Waals surface area contributed by atoms with E-state index in [9.17, 15) is 0 Å². The van der Waals surface area contributed by atoms with Crippen molar-refractivity contribution in [3.63, 3.8) is 0 Å². The van der Waals surface area contributed by atoms with Crippen LogP contribution in [0.3, 0.4) is 0 Å². The molecule has 2 aromatic heterocycles. The number of nitrogens with one attached hydrogen (secondary N) is 2. The zero-order chi connectivity index (χ0) is 14.4. The van der Waals surface area contributed by atoms with E-state index in [0.717, 1.165) is 19.5 Å². The van der Waals surface area contributed by atoms with E-state index >= 15 is 0 Å². The third kappa shape index (κ3) is 4.05. The second-order valence-corrected chi connectivity index (χ2v) is 6.34. The van der Waals surface area contributed by atoms with Crippen molar-refractivity contribution in [3.8, 4) is 0 Å². The van der Waals surface area contributed by atoms with Crippen molar-refractivity contribution in [1.82, 2.24) is 15.5 Å². The minimum atomic E-state index is 0.0449. The number of thiophene rings is 1. The molecule has 0 aromatic carbocycles. The number of nitrogens with zero attached hydrogens (tertiary/aromatic N) is 2. The van der Waals surface area contributed by atoms with Crippen molar-refractivity contribution in [2.75, 3.05) is 18.4 Å². The third-order valence-electron chi connectivity index (χ3n) is 3.04. The van der Waals surface area contributed by atoms with Crippen LogP contribution in [0, 0.1) is 0 Å². The summed E-state index contributed by atoms with van der Waals surface area (Å²) >= 11 is 1.77. The van der Waals surface area contributed by atoms with Crippen molar-refractivity contribution < 1.29 is 4.42 Å². The summed E-state index contributed by atoms with van der Waals surface area (Å²) in [4.78, 5) is 1.34. The molecule has 6 heteroatoms. The maximum absolute atomic E-state index is 5.55. The van der Waals surface area contributed by atoms with E-state index in [0.29, 0.717) is 18.5 Å². The first kappa shape index (κ1) is 15.0. The predicted octanol–water partition coefficient (Wildman–Crippen LogP) is 3.02. The molecule has 0 unspecified atom stereocenters. The molecule has 5 nitrogen and oxygen atoms in total. The van der Waals surface area contributed by atoms with E-state index in [1.807, 2.05) is 0 Å². The SMILES string of the molecule is CCCNCc1nnc(NCC(C)(C)c2cccs2)o1. The molecular weight excluding hydrogens is 272 g/mol. The van der Waals surface area contributed by atoms with Gasteiger partial charge in [-0.15, -0.1) is 16.4 Å². The fourth-order valence-corrected chi connectivity index (χ4v) is 2.67. The lowest BCUT2D eigenvalue weighted by molar-refractivity contribution is 0.470. The number of hydrogen-bond donors (Lipinski definition) is 2. The van der Waals surface area contributed by atoms with Crippen LogP contribution in [0.2, 0.25) is 0 Å². The Labute approximate surface area is 123 Å². The Balaban J connectivity index is 1.85. The van der Waals surface area contributed by atoms with E-state index in [-0.39, 0.29) is 5.41 Å². The Morgan fingerprint density at radius 2 is 2.20 bits per heavy atom. The molecule has 0 spiro atoms. The molecule has 0 amide bonds. The molecule has 0 radical (unpaired) electrons. The molecular formula is C14H22N4OS. The highest BCUT2D eigenvalue weighted by molar-refractivity contribution is 7.10. The lowest BCUT2D eigenvalue weighted by atomic mass is 9.91. The molecule has 0 aliphatic carbocycles. The molecule has 110 valence electrons. The second kappa shape index (κ2) is 6.85. The fraction of sp³-hybridized carbons (Fsp3) is 0.571. The molecule has 0 saturated carbocycles. The molecule has 2 rings (SSSR count). The van der Waals surface area contributed by atoms with Gasteiger partial charge >= 0.3 is 6.01 Å². The van der Waals surface area contributed by atoms with E-state index in [1.54, 1.807) is 11.3 Å². The summed E-state index contributed by atoms with van der Waals surface area (Å²) in [6, 6.07) is 4.72. The van der Waals surface area contributed by atoms with E-state index in [1.165, 1.54) is 4.88 Å². The lowest BCUT2D eigenvalue weighted by Gasteiger charge is -2.22. The van der Waals surface area contributed by atoms with Crippen molar-refractivity contribution in [3.05, 3.63) is 28.3 Å². The molecule has 2 N–H and O–H groups in total. The molecule has 0 saturated heterocycles. The van der Waals surface area contributed by atoms with Gasteiger partial charge in [0.1, 0.15) is 0 Å². The van der Waals surface area contributed by atoms with Crippen LogP contribution >= 0.6 is 11.3 Å². The molecule has 0 bridgehead atoms. The summed E-state index contributed by atoms with van der Waals surface area (Å²) in [5.41, 5.74) is 0.0449. The summed E-state index contributed by atoms with van der Waals surface area (Å²) < 4.78 is 5.55. The van der Waals surface area contributed by atoms with Gasteiger partial charge in [-0.1, -0.05) is 31.9 Å². The van der Waals surface area contributed by atoms with Crippen LogP contribution in [0.4, 0.5) is 6.01 Å². The summed E-state index contributed by atoms with van der Waals surface area (Å²) in [6.45, 7) is 8.86. The Morgan fingerprint density at radius 3 is 2.90 bits per heavy atom. The minimum absolute atomic E-state index is 0.0449. The van der Waals surface area contributed by atoms with Crippen LogP contribution in [-0.2, 0) is 12.0 Å². The highest BCUT2D eigenvalue weighted by Gasteiger charge is 2.22. The van der Waals surface area contributed by atoms with Crippen molar-refractivity contribution >= 4 is 17.4 Å². The van der Waals surface area contributed by atoms with Gasteiger partial charge in [0.15, 0.2) is 0 Å². The van der Waals surface area contributed by atoms with Gasteiger partial charge < -0.3 is 15.1 Å². The molecule has 0 atom stereocenters. The summed E-state index contributed by atoms with van der Waals surface area (Å²) in [7, 11) is 0. The Kier molecular flexibility index (Phi) is 5.14. The maximum Gasteiger partial charge on any atom is 0.315 e. The molecule has 0 aliphatic heterocycles. The molecule has 0 aliphatic rings. The van der Waals surface area contributed by atoms with Gasteiger partial charge in [-0.25, -0.2) is 0 Å². The third-order valence-corrected chi connectivity index (χ3v) is 4.28. The van der Waals surface area contributed by atoms with Crippen LogP contribution in [-0.4, -0.2) is 23.3 Å². The first-order valence-corrected chi connectivity index (χ1v) is 7.81. The molecule has 2 aromatic rings. The largest absolute Gasteiger partial charge is 0.407 e. The van der Waals surface area contributed by atoms with Crippen LogP contribution < -0.4 is 10.6 Å². The fourth-order valence-electron chi connectivity index (χ4n) is 1.82.